The van der Waals surface area contributed by atoms with Crippen molar-refractivity contribution in [2.45, 2.75) is 18.0 Å². The van der Waals surface area contributed by atoms with Crippen LogP contribution in [0.25, 0.3) is 0 Å². The highest BCUT2D eigenvalue weighted by atomic mass is 16.5. The number of carbonyl (C=O) groups excluding carboxylic acids is 3. The minimum Gasteiger partial charge on any atom is -0.544 e. The second kappa shape index (κ2) is 7.14. The molecule has 0 radical (unpaired) electrons. The quantitative estimate of drug-likeness (QED) is 0.609. The first-order valence-electron chi connectivity index (χ1n) is 9.60. The van der Waals surface area contributed by atoms with Crippen LogP contribution in [0.4, 0.5) is 0 Å². The fraction of sp³-hybridized carbons (Fsp3) is 0.318. The van der Waals surface area contributed by atoms with Crippen molar-refractivity contribution in [2.24, 2.45) is 11.8 Å². The van der Waals surface area contributed by atoms with Crippen molar-refractivity contribution in [1.29, 1.82) is 0 Å². The average Bonchev–Trinajstić information content (AvgIpc) is 3.19. The molecule has 3 N–H and O–H groups in total. The summed E-state index contributed by atoms with van der Waals surface area (Å²) in [5, 5.41) is 24.7. The Morgan fingerprint density at radius 1 is 1.17 bits per heavy atom. The number of nitrogens with two attached hydrogens (primary N) is 1. The molecule has 8 heteroatoms. The lowest BCUT2D eigenvalue weighted by molar-refractivity contribution is -0.738. The lowest BCUT2D eigenvalue weighted by atomic mass is 9.76. The van der Waals surface area contributed by atoms with E-state index in [0.29, 0.717) is 11.1 Å². The van der Waals surface area contributed by atoms with E-state index in [1.807, 2.05) is 6.07 Å². The average molecular weight is 410 g/mol. The summed E-state index contributed by atoms with van der Waals surface area (Å²) in [6.07, 6.45) is 0.00539. The molecule has 0 aromatic heterocycles. The van der Waals surface area contributed by atoms with E-state index in [2.05, 4.69) is 0 Å². The molecule has 0 unspecified atom stereocenters. The minimum absolute atomic E-state index is 0.00539. The van der Waals surface area contributed by atoms with Gasteiger partial charge in [0.2, 0.25) is 11.8 Å². The number of hydrogen-bond donors (Lipinski definition) is 2. The Labute approximate surface area is 173 Å². The van der Waals surface area contributed by atoms with Crippen LogP contribution in [0.1, 0.15) is 17.2 Å². The number of aliphatic carboxylic acids is 1. The molecule has 0 saturated carbocycles. The highest BCUT2D eigenvalue weighted by Gasteiger charge is 2.69. The molecule has 4 atom stereocenters. The maximum Gasteiger partial charge on any atom is 0.239 e. The molecule has 2 saturated heterocycles. The van der Waals surface area contributed by atoms with Gasteiger partial charge in [0.05, 0.1) is 12.7 Å². The molecule has 0 spiro atoms. The molecule has 156 valence electrons. The molecule has 2 amide bonds. The summed E-state index contributed by atoms with van der Waals surface area (Å²) in [7, 11) is 2.76. The number of carboxylic acid groups (broad SMARTS) is 1. The Hall–Kier alpha value is -3.39. The van der Waals surface area contributed by atoms with Crippen molar-refractivity contribution in [2.75, 3.05) is 14.2 Å². The fourth-order valence-electron chi connectivity index (χ4n) is 4.89. The summed E-state index contributed by atoms with van der Waals surface area (Å²) >= 11 is 0. The minimum atomic E-state index is -1.69. The molecule has 30 heavy (non-hydrogen) atoms. The van der Waals surface area contributed by atoms with Crippen LogP contribution in [0.3, 0.4) is 0 Å². The van der Waals surface area contributed by atoms with Crippen LogP contribution in [0.5, 0.6) is 11.5 Å². The summed E-state index contributed by atoms with van der Waals surface area (Å²) in [6.45, 7) is 0. The third-order valence-electron chi connectivity index (χ3n) is 6.32. The third kappa shape index (κ3) is 2.75. The van der Waals surface area contributed by atoms with Crippen molar-refractivity contribution in [1.82, 2.24) is 4.90 Å². The van der Waals surface area contributed by atoms with E-state index in [1.165, 1.54) is 19.5 Å². The maximum absolute atomic E-state index is 13.0. The molecular formula is C22H22N2O6. The van der Waals surface area contributed by atoms with Crippen molar-refractivity contribution in [3.05, 3.63) is 59.7 Å². The van der Waals surface area contributed by atoms with Gasteiger partial charge < -0.3 is 25.1 Å². The van der Waals surface area contributed by atoms with E-state index in [-0.39, 0.29) is 17.9 Å². The number of benzene rings is 2. The number of nitrogens with zero attached hydrogens (tertiary/aromatic N) is 1. The van der Waals surface area contributed by atoms with Gasteiger partial charge in [-0.15, -0.1) is 0 Å². The number of aromatic hydroxyl groups is 1. The number of imide groups is 1. The zero-order valence-electron chi connectivity index (χ0n) is 16.6. The second-order valence-corrected chi connectivity index (χ2v) is 7.82. The van der Waals surface area contributed by atoms with Crippen LogP contribution in [-0.2, 0) is 20.8 Å². The number of likely N-dealkylation sites (tertiary alicyclic amines) is 1. The molecule has 0 aliphatic carbocycles. The number of phenolic OH excluding ortho intramolecular Hbond substituents is 1. The normalized spacial score (nSPS) is 27.9. The number of carboxylic acids is 1. The molecule has 2 heterocycles. The Kier molecular flexibility index (Phi) is 4.74. The van der Waals surface area contributed by atoms with Gasteiger partial charge in [0, 0.05) is 13.5 Å². The van der Waals surface area contributed by atoms with Crippen molar-refractivity contribution < 1.29 is 34.7 Å². The standard InChI is InChI=1S/C22H22N2O6/c1-24-19(26)15-16(20(24)27)22(21(28)29,11-12-7-4-3-5-8-12)23-17(15)13-9-6-10-14(30-2)18(13)25/h3-10,15-17,23,25H,11H2,1-2H3,(H,28,29)/t15-,16-,17-,22+/m0/s1. The first kappa shape index (κ1) is 19.9. The van der Waals surface area contributed by atoms with E-state index >= 15 is 0 Å². The number of fused-ring (bicyclic) bond motifs is 1. The molecule has 8 nitrogen and oxygen atoms in total. The molecule has 2 fully saturated rings. The Bertz CT molecular complexity index is 1020. The Morgan fingerprint density at radius 2 is 1.87 bits per heavy atom. The molecule has 2 aromatic carbocycles. The molecule has 2 aliphatic heterocycles. The van der Waals surface area contributed by atoms with E-state index in [1.54, 1.807) is 42.5 Å². The molecular weight excluding hydrogens is 388 g/mol. The number of hydrogen-bond acceptors (Lipinski definition) is 6. The summed E-state index contributed by atoms with van der Waals surface area (Å²) < 4.78 is 5.17. The zero-order valence-corrected chi connectivity index (χ0v) is 16.6. The highest BCUT2D eigenvalue weighted by molar-refractivity contribution is 6.08. The van der Waals surface area contributed by atoms with E-state index in [4.69, 9.17) is 4.74 Å². The lowest BCUT2D eigenvalue weighted by Gasteiger charge is -2.32. The van der Waals surface area contributed by atoms with Gasteiger partial charge in [0.25, 0.3) is 0 Å². The number of carbonyl (C=O) groups is 3. The zero-order chi connectivity index (χ0) is 21.6. The van der Waals surface area contributed by atoms with Gasteiger partial charge in [-0.05, 0) is 17.7 Å². The summed E-state index contributed by atoms with van der Waals surface area (Å²) in [6, 6.07) is 13.0. The Balaban J connectivity index is 1.88. The highest BCUT2D eigenvalue weighted by Crippen LogP contribution is 2.47. The SMILES string of the molecule is COc1cccc([C@@H]2[NH2+][C@@](Cc3ccccc3)(C(=O)[O-])[C@@H]3C(=O)N(C)C(=O)[C@@H]32)c1O. The monoisotopic (exact) mass is 410 g/mol. The molecule has 0 bridgehead atoms. The summed E-state index contributed by atoms with van der Waals surface area (Å²) in [5.74, 6) is -4.46. The number of methoxy groups -OCH3 is 1. The van der Waals surface area contributed by atoms with Crippen LogP contribution < -0.4 is 15.2 Å². The van der Waals surface area contributed by atoms with Gasteiger partial charge in [-0.1, -0.05) is 36.4 Å². The second-order valence-electron chi connectivity index (χ2n) is 7.82. The predicted octanol–water partition coefficient (Wildman–Crippen LogP) is -1.02. The van der Waals surface area contributed by atoms with Gasteiger partial charge >= 0.3 is 0 Å². The number of ether oxygens (including phenoxy) is 1. The van der Waals surface area contributed by atoms with Gasteiger partial charge in [-0.25, -0.2) is 0 Å². The summed E-state index contributed by atoms with van der Waals surface area (Å²) in [5.41, 5.74) is -0.636. The Morgan fingerprint density at radius 3 is 2.50 bits per heavy atom. The summed E-state index contributed by atoms with van der Waals surface area (Å²) in [4.78, 5) is 39.5. The van der Waals surface area contributed by atoms with E-state index < -0.39 is 41.2 Å². The first-order valence-corrected chi connectivity index (χ1v) is 9.60. The smallest absolute Gasteiger partial charge is 0.239 e. The van der Waals surface area contributed by atoms with Gasteiger partial charge in [0.1, 0.15) is 23.8 Å². The van der Waals surface area contributed by atoms with Crippen molar-refractivity contribution in [3.8, 4) is 11.5 Å². The largest absolute Gasteiger partial charge is 0.544 e. The fourth-order valence-corrected chi connectivity index (χ4v) is 4.89. The van der Waals surface area contributed by atoms with Crippen LogP contribution in [-0.4, -0.2) is 47.5 Å². The molecule has 2 aromatic rings. The lowest BCUT2D eigenvalue weighted by Crippen LogP contribution is -2.99. The number of amides is 2. The number of rotatable bonds is 5. The predicted molar refractivity (Wildman–Crippen MR) is 102 cm³/mol. The van der Waals surface area contributed by atoms with Crippen LogP contribution in [0.15, 0.2) is 48.5 Å². The number of phenols is 1. The van der Waals surface area contributed by atoms with Gasteiger partial charge in [0.15, 0.2) is 17.0 Å². The molecule has 4 rings (SSSR count). The van der Waals surface area contributed by atoms with E-state index in [9.17, 15) is 24.6 Å². The van der Waals surface area contributed by atoms with Crippen LogP contribution in [0.2, 0.25) is 0 Å². The van der Waals surface area contributed by atoms with Gasteiger partial charge in [-0.3, -0.25) is 14.5 Å². The van der Waals surface area contributed by atoms with Crippen molar-refractivity contribution >= 4 is 17.8 Å². The maximum atomic E-state index is 13.0. The van der Waals surface area contributed by atoms with Gasteiger partial charge in [-0.2, -0.15) is 0 Å². The topological polar surface area (TPSA) is 124 Å². The van der Waals surface area contributed by atoms with Crippen LogP contribution >= 0.6 is 0 Å². The number of para-hydroxylation sites is 1. The molecule has 2 aliphatic rings. The van der Waals surface area contributed by atoms with E-state index in [0.717, 1.165) is 4.90 Å². The number of quaternary nitrogens is 1. The first-order chi connectivity index (χ1) is 14.3. The van der Waals surface area contributed by atoms with Crippen LogP contribution in [0, 0.1) is 11.8 Å². The third-order valence-corrected chi connectivity index (χ3v) is 6.32. The van der Waals surface area contributed by atoms with Crippen molar-refractivity contribution in [3.63, 3.8) is 0 Å².